The van der Waals surface area contributed by atoms with Gasteiger partial charge in [0.05, 0.1) is 5.69 Å². The number of aryl methyl sites for hydroxylation is 2. The fourth-order valence-corrected chi connectivity index (χ4v) is 3.15. The van der Waals surface area contributed by atoms with Crippen molar-refractivity contribution >= 4 is 23.5 Å². The zero-order valence-corrected chi connectivity index (χ0v) is 19.4. The Morgan fingerprint density at radius 2 is 1.80 bits per heavy atom. The predicted molar refractivity (Wildman–Crippen MR) is 121 cm³/mol. The number of carbonyl (C=O) groups excluding carboxylic acids is 1. The fourth-order valence-electron chi connectivity index (χ4n) is 3.15. The highest BCUT2D eigenvalue weighted by Gasteiger charge is 2.21. The van der Waals surface area contributed by atoms with Gasteiger partial charge < -0.3 is 9.47 Å². The number of ether oxygens (including phenoxy) is 2. The molecule has 0 aliphatic carbocycles. The number of benzene rings is 1. The molecule has 0 aliphatic rings. The third kappa shape index (κ3) is 5.38. The molecule has 1 aromatic carbocycles. The van der Waals surface area contributed by atoms with Crippen LogP contribution < -0.4 is 0 Å². The topological polar surface area (TPSA) is 65.7 Å². The number of allylic oxidation sites excluding steroid dienone is 1. The van der Waals surface area contributed by atoms with Gasteiger partial charge in [-0.25, -0.2) is 0 Å². The summed E-state index contributed by atoms with van der Waals surface area (Å²) in [6.07, 6.45) is 2.06. The van der Waals surface area contributed by atoms with E-state index in [1.54, 1.807) is 24.9 Å². The molecule has 0 unspecified atom stereocenters. The monoisotopic (exact) mass is 411 g/mol. The number of aromatic nitrogens is 2. The Labute approximate surface area is 179 Å². The van der Waals surface area contributed by atoms with Crippen LogP contribution in [0.3, 0.4) is 0 Å². The van der Waals surface area contributed by atoms with Crippen molar-refractivity contribution in [2.24, 2.45) is 12.0 Å². The van der Waals surface area contributed by atoms with Gasteiger partial charge in [0.2, 0.25) is 6.79 Å². The fraction of sp³-hybridized carbons (Fsp3) is 0.458. The molecule has 2 aromatic rings. The van der Waals surface area contributed by atoms with Crippen molar-refractivity contribution in [3.63, 3.8) is 0 Å². The van der Waals surface area contributed by atoms with Crippen LogP contribution in [0.2, 0.25) is 0 Å². The molecular formula is C24H33N3O3. The molecule has 30 heavy (non-hydrogen) atoms. The molecule has 0 fully saturated rings. The SMILES string of the molecule is CCC(=O)OCO/C(=C(/C=N\C)c1ccc(C(C)(C)C)cc1)c1c(C)c(C)nn1C. The molecular weight excluding hydrogens is 378 g/mol. The number of nitrogens with zero attached hydrogens (tertiary/aromatic N) is 3. The van der Waals surface area contributed by atoms with E-state index in [4.69, 9.17) is 9.47 Å². The van der Waals surface area contributed by atoms with Crippen LogP contribution in [0.15, 0.2) is 29.3 Å². The van der Waals surface area contributed by atoms with Gasteiger partial charge in [-0.1, -0.05) is 52.0 Å². The largest absolute Gasteiger partial charge is 0.454 e. The maximum atomic E-state index is 11.6. The van der Waals surface area contributed by atoms with Crippen LogP contribution in [0, 0.1) is 13.8 Å². The highest BCUT2D eigenvalue weighted by Crippen LogP contribution is 2.31. The van der Waals surface area contributed by atoms with E-state index in [9.17, 15) is 4.79 Å². The second-order valence-electron chi connectivity index (χ2n) is 8.27. The minimum Gasteiger partial charge on any atom is -0.454 e. The van der Waals surface area contributed by atoms with Gasteiger partial charge in [0, 0.05) is 37.9 Å². The van der Waals surface area contributed by atoms with Crippen molar-refractivity contribution in [3.8, 4) is 0 Å². The van der Waals surface area contributed by atoms with E-state index < -0.39 is 0 Å². The quantitative estimate of drug-likeness (QED) is 0.283. The molecule has 6 nitrogen and oxygen atoms in total. The summed E-state index contributed by atoms with van der Waals surface area (Å²) in [7, 11) is 3.60. The van der Waals surface area contributed by atoms with Gasteiger partial charge in [-0.05, 0) is 30.4 Å². The Bertz CT molecular complexity index is 945. The molecule has 162 valence electrons. The van der Waals surface area contributed by atoms with Crippen LogP contribution in [-0.2, 0) is 26.7 Å². The minimum atomic E-state index is -0.313. The molecule has 2 rings (SSSR count). The Kier molecular flexibility index (Phi) is 7.59. The van der Waals surface area contributed by atoms with Gasteiger partial charge in [0.25, 0.3) is 0 Å². The third-order valence-corrected chi connectivity index (χ3v) is 5.01. The molecule has 0 amide bonds. The first kappa shape index (κ1) is 23.4. The molecule has 0 spiro atoms. The number of hydrogen-bond donors (Lipinski definition) is 0. The van der Waals surface area contributed by atoms with Crippen molar-refractivity contribution in [3.05, 3.63) is 52.3 Å². The molecule has 1 aromatic heterocycles. The lowest BCUT2D eigenvalue weighted by Crippen LogP contribution is -2.12. The maximum Gasteiger partial charge on any atom is 0.308 e. The van der Waals surface area contributed by atoms with Gasteiger partial charge in [-0.2, -0.15) is 5.10 Å². The van der Waals surface area contributed by atoms with Crippen LogP contribution in [-0.4, -0.2) is 35.8 Å². The standard InChI is InChI=1S/C24H33N3O3/c1-9-21(28)29-15-30-23(22-16(2)17(3)26-27(22)8)20(14-25-7)18-10-12-19(13-11-18)24(4,5)6/h10-14H,9,15H2,1-8H3/b23-20-,25-14-. The van der Waals surface area contributed by atoms with Crippen molar-refractivity contribution in [1.29, 1.82) is 0 Å². The van der Waals surface area contributed by atoms with Crippen LogP contribution in [0.25, 0.3) is 11.3 Å². The summed E-state index contributed by atoms with van der Waals surface area (Å²) < 4.78 is 13.0. The Morgan fingerprint density at radius 3 is 2.27 bits per heavy atom. The van der Waals surface area contributed by atoms with Crippen molar-refractivity contribution in [1.82, 2.24) is 9.78 Å². The highest BCUT2D eigenvalue weighted by molar-refractivity contribution is 6.18. The lowest BCUT2D eigenvalue weighted by molar-refractivity contribution is -0.151. The molecule has 0 N–H and O–H groups in total. The van der Waals surface area contributed by atoms with Gasteiger partial charge in [-0.15, -0.1) is 0 Å². The summed E-state index contributed by atoms with van der Waals surface area (Å²) in [4.78, 5) is 15.9. The average molecular weight is 412 g/mol. The molecule has 0 aliphatic heterocycles. The highest BCUT2D eigenvalue weighted by atomic mass is 16.7. The number of carbonyl (C=O) groups is 1. The summed E-state index contributed by atoms with van der Waals surface area (Å²) in [5, 5.41) is 4.52. The number of rotatable bonds is 7. The molecule has 0 atom stereocenters. The second-order valence-corrected chi connectivity index (χ2v) is 8.27. The molecule has 0 bridgehead atoms. The summed E-state index contributed by atoms with van der Waals surface area (Å²) in [5.74, 6) is 0.265. The maximum absolute atomic E-state index is 11.6. The summed E-state index contributed by atoms with van der Waals surface area (Å²) in [6.45, 7) is 12.1. The minimum absolute atomic E-state index is 0.0602. The van der Waals surface area contributed by atoms with E-state index in [0.717, 1.165) is 28.1 Å². The van der Waals surface area contributed by atoms with Gasteiger partial charge in [0.1, 0.15) is 5.69 Å². The summed E-state index contributed by atoms with van der Waals surface area (Å²) in [5.41, 5.74) is 5.81. The van der Waals surface area contributed by atoms with Crippen LogP contribution >= 0.6 is 0 Å². The average Bonchev–Trinajstić information content (AvgIpc) is 2.95. The Morgan fingerprint density at radius 1 is 1.17 bits per heavy atom. The molecule has 1 heterocycles. The zero-order valence-electron chi connectivity index (χ0n) is 19.4. The van der Waals surface area contributed by atoms with Crippen LogP contribution in [0.5, 0.6) is 0 Å². The van der Waals surface area contributed by atoms with Gasteiger partial charge in [0.15, 0.2) is 5.76 Å². The van der Waals surface area contributed by atoms with Crippen molar-refractivity contribution < 1.29 is 14.3 Å². The molecule has 0 saturated carbocycles. The summed E-state index contributed by atoms with van der Waals surface area (Å²) in [6, 6.07) is 8.37. The van der Waals surface area contributed by atoms with E-state index in [1.807, 2.05) is 20.9 Å². The molecule has 0 radical (unpaired) electrons. The Hall–Kier alpha value is -2.89. The van der Waals surface area contributed by atoms with Crippen LogP contribution in [0.1, 0.15) is 62.2 Å². The van der Waals surface area contributed by atoms with E-state index in [1.165, 1.54) is 5.56 Å². The number of esters is 1. The smallest absolute Gasteiger partial charge is 0.308 e. The van der Waals surface area contributed by atoms with E-state index in [0.29, 0.717) is 12.2 Å². The second kappa shape index (κ2) is 9.74. The number of hydrogen-bond acceptors (Lipinski definition) is 5. The van der Waals surface area contributed by atoms with Crippen LogP contribution in [0.4, 0.5) is 0 Å². The van der Waals surface area contributed by atoms with E-state index >= 15 is 0 Å². The predicted octanol–water partition coefficient (Wildman–Crippen LogP) is 4.83. The van der Waals surface area contributed by atoms with Crippen molar-refractivity contribution in [2.45, 2.75) is 53.4 Å². The Balaban J connectivity index is 2.63. The van der Waals surface area contributed by atoms with E-state index in [-0.39, 0.29) is 18.2 Å². The first-order valence-electron chi connectivity index (χ1n) is 10.2. The van der Waals surface area contributed by atoms with E-state index in [2.05, 4.69) is 55.1 Å². The lowest BCUT2D eigenvalue weighted by atomic mass is 9.86. The van der Waals surface area contributed by atoms with Gasteiger partial charge in [-0.3, -0.25) is 14.5 Å². The first-order chi connectivity index (χ1) is 14.1. The molecule has 6 heteroatoms. The lowest BCUT2D eigenvalue weighted by Gasteiger charge is -2.20. The van der Waals surface area contributed by atoms with Crippen molar-refractivity contribution in [2.75, 3.05) is 13.8 Å². The molecule has 0 saturated heterocycles. The summed E-state index contributed by atoms with van der Waals surface area (Å²) >= 11 is 0. The first-order valence-corrected chi connectivity index (χ1v) is 10.2. The van der Waals surface area contributed by atoms with Gasteiger partial charge >= 0.3 is 5.97 Å². The zero-order chi connectivity index (χ0) is 22.5. The third-order valence-electron chi connectivity index (χ3n) is 5.01. The number of aliphatic imine (C=N–C) groups is 1. The normalized spacial score (nSPS) is 12.8.